The molecule has 0 atom stereocenters. The zero-order valence-electron chi connectivity index (χ0n) is 10.3. The van der Waals surface area contributed by atoms with Crippen LogP contribution in [0, 0.1) is 11.3 Å². The van der Waals surface area contributed by atoms with Crippen molar-refractivity contribution >= 4 is 5.82 Å². The molecule has 92 valence electrons. The average Bonchev–Trinajstić information content (AvgIpc) is 2.84. The average molecular weight is 241 g/mol. The van der Waals surface area contributed by atoms with Crippen LogP contribution in [-0.4, -0.2) is 21.1 Å². The van der Waals surface area contributed by atoms with Gasteiger partial charge >= 0.3 is 0 Å². The number of pyridine rings is 1. The molecule has 0 saturated carbocycles. The van der Waals surface area contributed by atoms with Gasteiger partial charge in [-0.05, 0) is 24.1 Å². The lowest BCUT2D eigenvalue weighted by Crippen LogP contribution is -2.05. The molecule has 2 aromatic heterocycles. The first-order chi connectivity index (χ1) is 8.83. The second-order valence-corrected chi connectivity index (χ2v) is 3.97. The van der Waals surface area contributed by atoms with Crippen molar-refractivity contribution in [2.45, 2.75) is 19.9 Å². The van der Waals surface area contributed by atoms with E-state index in [1.54, 1.807) is 18.6 Å². The molecule has 0 aliphatic rings. The van der Waals surface area contributed by atoms with Gasteiger partial charge in [0.1, 0.15) is 11.9 Å². The van der Waals surface area contributed by atoms with E-state index in [-0.39, 0.29) is 0 Å². The van der Waals surface area contributed by atoms with Gasteiger partial charge in [-0.2, -0.15) is 5.26 Å². The number of imidazole rings is 1. The zero-order valence-corrected chi connectivity index (χ0v) is 10.3. The maximum Gasteiger partial charge on any atom is 0.213 e. The van der Waals surface area contributed by atoms with Gasteiger partial charge in [0.25, 0.3) is 0 Å². The third kappa shape index (κ3) is 2.86. The number of nitrogens with one attached hydrogen (secondary N) is 1. The van der Waals surface area contributed by atoms with Crippen LogP contribution in [0.2, 0.25) is 0 Å². The molecule has 1 N–H and O–H groups in total. The minimum atomic E-state index is 0.426. The summed E-state index contributed by atoms with van der Waals surface area (Å²) in [6.07, 6.45) is 6.27. The van der Waals surface area contributed by atoms with Crippen LogP contribution in [0.1, 0.15) is 24.7 Å². The fourth-order valence-corrected chi connectivity index (χ4v) is 1.67. The molecule has 0 radical (unpaired) electrons. The van der Waals surface area contributed by atoms with E-state index in [1.165, 1.54) is 0 Å². The Kier molecular flexibility index (Phi) is 3.92. The monoisotopic (exact) mass is 241 g/mol. The quantitative estimate of drug-likeness (QED) is 0.869. The summed E-state index contributed by atoms with van der Waals surface area (Å²) in [6.45, 7) is 3.65. The summed E-state index contributed by atoms with van der Waals surface area (Å²) in [5, 5.41) is 12.1. The molecule has 0 spiro atoms. The second kappa shape index (κ2) is 5.82. The van der Waals surface area contributed by atoms with Crippen LogP contribution in [0.5, 0.6) is 0 Å². The molecule has 0 amide bonds. The number of hydrogen-bond acceptors (Lipinski definition) is 4. The Balaban J connectivity index is 2.12. The number of aromatic nitrogens is 3. The van der Waals surface area contributed by atoms with Crippen molar-refractivity contribution in [3.63, 3.8) is 0 Å². The summed E-state index contributed by atoms with van der Waals surface area (Å²) in [5.41, 5.74) is 1.10. The van der Waals surface area contributed by atoms with Gasteiger partial charge in [-0.3, -0.25) is 0 Å². The molecule has 5 nitrogen and oxygen atoms in total. The maximum atomic E-state index is 8.90. The Morgan fingerprint density at radius 1 is 1.39 bits per heavy atom. The third-order valence-electron chi connectivity index (χ3n) is 2.55. The van der Waals surface area contributed by atoms with Gasteiger partial charge in [0, 0.05) is 31.7 Å². The number of nitriles is 1. The number of nitrogens with zero attached hydrogens (tertiary/aromatic N) is 4. The lowest BCUT2D eigenvalue weighted by molar-refractivity contribution is 0.781. The van der Waals surface area contributed by atoms with Crippen LogP contribution >= 0.6 is 0 Å². The van der Waals surface area contributed by atoms with Crippen molar-refractivity contribution in [3.05, 3.63) is 42.1 Å². The normalized spacial score (nSPS) is 10.0. The van der Waals surface area contributed by atoms with Gasteiger partial charge < -0.3 is 9.88 Å². The van der Waals surface area contributed by atoms with Crippen LogP contribution in [0.15, 0.2) is 30.7 Å². The second-order valence-electron chi connectivity index (χ2n) is 3.97. The number of anilines is 1. The van der Waals surface area contributed by atoms with Crippen molar-refractivity contribution in [1.29, 1.82) is 5.26 Å². The van der Waals surface area contributed by atoms with Gasteiger partial charge in [0.05, 0.1) is 0 Å². The molecule has 2 aromatic rings. The summed E-state index contributed by atoms with van der Waals surface area (Å²) < 4.78 is 1.82. The molecule has 2 rings (SSSR count). The fourth-order valence-electron chi connectivity index (χ4n) is 1.67. The van der Waals surface area contributed by atoms with Crippen molar-refractivity contribution in [2.24, 2.45) is 0 Å². The molecule has 0 unspecified atom stereocenters. The van der Waals surface area contributed by atoms with Crippen LogP contribution in [0.25, 0.3) is 0 Å². The summed E-state index contributed by atoms with van der Waals surface area (Å²) in [6, 6.07) is 6.00. The molecule has 0 saturated heterocycles. The van der Waals surface area contributed by atoms with Gasteiger partial charge in [-0.15, -0.1) is 0 Å². The molecular weight excluding hydrogens is 226 g/mol. The summed E-state index contributed by atoms with van der Waals surface area (Å²) in [4.78, 5) is 8.22. The molecule has 0 aliphatic heterocycles. The Labute approximate surface area is 106 Å². The van der Waals surface area contributed by atoms with E-state index in [9.17, 15) is 0 Å². The minimum absolute atomic E-state index is 0.426. The van der Waals surface area contributed by atoms with E-state index in [2.05, 4.69) is 28.3 Å². The Bertz CT molecular complexity index is 553. The van der Waals surface area contributed by atoms with Gasteiger partial charge in [-0.25, -0.2) is 9.97 Å². The Hall–Kier alpha value is -2.35. The highest BCUT2D eigenvalue weighted by atomic mass is 15.1. The van der Waals surface area contributed by atoms with Crippen LogP contribution in [0.4, 0.5) is 5.82 Å². The summed E-state index contributed by atoms with van der Waals surface area (Å²) >= 11 is 0. The molecular formula is C13H15N5. The maximum absolute atomic E-state index is 8.90. The highest BCUT2D eigenvalue weighted by Gasteiger charge is 2.03. The van der Waals surface area contributed by atoms with Crippen LogP contribution in [0.3, 0.4) is 0 Å². The van der Waals surface area contributed by atoms with E-state index in [0.717, 1.165) is 24.3 Å². The predicted octanol–water partition coefficient (Wildman–Crippen LogP) is 2.02. The van der Waals surface area contributed by atoms with Gasteiger partial charge in [-0.1, -0.05) is 6.92 Å². The van der Waals surface area contributed by atoms with E-state index >= 15 is 0 Å². The molecule has 18 heavy (non-hydrogen) atoms. The van der Waals surface area contributed by atoms with Crippen LogP contribution < -0.4 is 5.32 Å². The number of hydrogen-bond donors (Lipinski definition) is 1. The highest BCUT2D eigenvalue weighted by molar-refractivity contribution is 5.37. The Morgan fingerprint density at radius 3 is 3.06 bits per heavy atom. The van der Waals surface area contributed by atoms with Crippen LogP contribution in [-0.2, 0) is 6.54 Å². The van der Waals surface area contributed by atoms with Crippen molar-refractivity contribution in [3.8, 4) is 6.07 Å². The van der Waals surface area contributed by atoms with Crippen molar-refractivity contribution in [1.82, 2.24) is 14.5 Å². The van der Waals surface area contributed by atoms with E-state index in [1.807, 2.05) is 16.7 Å². The molecule has 0 aliphatic carbocycles. The predicted molar refractivity (Wildman–Crippen MR) is 69.1 cm³/mol. The number of rotatable bonds is 5. The molecule has 0 fully saturated rings. The first-order valence-electron chi connectivity index (χ1n) is 5.93. The van der Waals surface area contributed by atoms with Gasteiger partial charge in [0.15, 0.2) is 0 Å². The molecule has 0 aromatic carbocycles. The smallest absolute Gasteiger partial charge is 0.213 e. The highest BCUT2D eigenvalue weighted by Crippen LogP contribution is 2.09. The standard InChI is InChI=1S/C13H15N5/c1-2-4-15-12-8-11(3-5-16-12)10-18-7-6-17-13(18)9-14/h3,5-8H,2,4,10H2,1H3,(H,15,16). The van der Waals surface area contributed by atoms with Gasteiger partial charge in [0.2, 0.25) is 5.82 Å². The first-order valence-corrected chi connectivity index (χ1v) is 5.93. The molecule has 0 bridgehead atoms. The lowest BCUT2D eigenvalue weighted by Gasteiger charge is -2.07. The SMILES string of the molecule is CCCNc1cc(Cn2ccnc2C#N)ccn1. The topological polar surface area (TPSA) is 66.5 Å². The fraction of sp³-hybridized carbons (Fsp3) is 0.308. The first kappa shape index (κ1) is 12.1. The largest absolute Gasteiger partial charge is 0.370 e. The van der Waals surface area contributed by atoms with E-state index < -0.39 is 0 Å². The summed E-state index contributed by atoms with van der Waals surface area (Å²) in [5.74, 6) is 1.29. The molecule has 2 heterocycles. The lowest BCUT2D eigenvalue weighted by atomic mass is 10.2. The minimum Gasteiger partial charge on any atom is -0.370 e. The van der Waals surface area contributed by atoms with Crippen molar-refractivity contribution in [2.75, 3.05) is 11.9 Å². The third-order valence-corrected chi connectivity index (χ3v) is 2.55. The van der Waals surface area contributed by atoms with E-state index in [4.69, 9.17) is 5.26 Å². The Morgan fingerprint density at radius 2 is 2.28 bits per heavy atom. The summed E-state index contributed by atoms with van der Waals surface area (Å²) in [7, 11) is 0. The van der Waals surface area contributed by atoms with E-state index in [0.29, 0.717) is 12.4 Å². The zero-order chi connectivity index (χ0) is 12.8. The van der Waals surface area contributed by atoms with Crippen molar-refractivity contribution < 1.29 is 0 Å². The molecule has 5 heteroatoms.